The topological polar surface area (TPSA) is 91.4 Å². The standard InChI is InChI=1S/C33H35FN4O4/c1-17-21-9-8-12-41-29(21)24(34)14-22(17)28-23-15-26(19-10-11-25-20(13-19)16-35-38(25)7)37(6)31(23)36-18(2)27(28)30(32(39)40)42-33(3,4)5/h10-11,13-16,30H,8-9,12H2,1-7H3,(H,39,40). The Bertz CT molecular complexity index is 1900. The van der Waals surface area contributed by atoms with Crippen LogP contribution in [0.25, 0.3) is 44.3 Å². The molecule has 1 unspecified atom stereocenters. The minimum Gasteiger partial charge on any atom is -0.490 e. The highest BCUT2D eigenvalue weighted by Crippen LogP contribution is 2.45. The summed E-state index contributed by atoms with van der Waals surface area (Å²) in [5.41, 5.74) is 6.62. The third-order valence-electron chi connectivity index (χ3n) is 8.11. The molecule has 8 nitrogen and oxygen atoms in total. The van der Waals surface area contributed by atoms with Crippen molar-refractivity contribution in [2.45, 2.75) is 59.2 Å². The molecule has 1 atom stereocenters. The number of benzene rings is 2. The number of aryl methyl sites for hydroxylation is 3. The summed E-state index contributed by atoms with van der Waals surface area (Å²) in [6.07, 6.45) is 1.98. The van der Waals surface area contributed by atoms with Crippen LogP contribution in [0.15, 0.2) is 36.5 Å². The number of pyridine rings is 1. The Labute approximate surface area is 243 Å². The fourth-order valence-electron chi connectivity index (χ4n) is 6.17. The van der Waals surface area contributed by atoms with Crippen LogP contribution >= 0.6 is 0 Å². The van der Waals surface area contributed by atoms with E-state index >= 15 is 4.39 Å². The zero-order valence-electron chi connectivity index (χ0n) is 25.0. The highest BCUT2D eigenvalue weighted by atomic mass is 19.1. The van der Waals surface area contributed by atoms with Crippen molar-refractivity contribution in [3.8, 4) is 28.1 Å². The largest absolute Gasteiger partial charge is 0.490 e. The fraction of sp³-hybridized carbons (Fsp3) is 0.364. The molecule has 0 bridgehead atoms. The van der Waals surface area contributed by atoms with E-state index in [4.69, 9.17) is 14.5 Å². The lowest BCUT2D eigenvalue weighted by atomic mass is 9.86. The van der Waals surface area contributed by atoms with Gasteiger partial charge in [0.2, 0.25) is 0 Å². The van der Waals surface area contributed by atoms with Crippen molar-refractivity contribution in [2.75, 3.05) is 6.61 Å². The SMILES string of the molecule is Cc1nc2c(cc(-c3ccc4c(cnn4C)c3)n2C)c(-c2cc(F)c3c(c2C)CCCO3)c1C(OC(C)(C)C)C(=O)O. The van der Waals surface area contributed by atoms with E-state index in [9.17, 15) is 9.90 Å². The predicted octanol–water partition coefficient (Wildman–Crippen LogP) is 6.82. The number of ether oxygens (including phenoxy) is 2. The van der Waals surface area contributed by atoms with E-state index in [1.54, 1.807) is 6.92 Å². The molecule has 1 aliphatic rings. The second kappa shape index (κ2) is 9.94. The number of aromatic nitrogens is 4. The van der Waals surface area contributed by atoms with Gasteiger partial charge in [0, 0.05) is 47.3 Å². The molecule has 1 N–H and O–H groups in total. The van der Waals surface area contributed by atoms with E-state index in [0.29, 0.717) is 41.1 Å². The molecule has 9 heteroatoms. The summed E-state index contributed by atoms with van der Waals surface area (Å²) in [5.74, 6) is -1.31. The second-order valence-corrected chi connectivity index (χ2v) is 12.1. The number of rotatable bonds is 5. The fourth-order valence-corrected chi connectivity index (χ4v) is 6.17. The number of hydrogen-bond donors (Lipinski definition) is 1. The first-order valence-corrected chi connectivity index (χ1v) is 14.1. The van der Waals surface area contributed by atoms with Crippen LogP contribution in [0, 0.1) is 19.7 Å². The molecule has 218 valence electrons. The molecule has 0 saturated heterocycles. The molecule has 0 fully saturated rings. The van der Waals surface area contributed by atoms with Crippen molar-refractivity contribution in [3.05, 3.63) is 64.7 Å². The van der Waals surface area contributed by atoms with Gasteiger partial charge in [-0.05, 0) is 88.4 Å². The van der Waals surface area contributed by atoms with Crippen LogP contribution in [-0.2, 0) is 30.0 Å². The Kier molecular flexibility index (Phi) is 6.61. The Morgan fingerprint density at radius 3 is 2.64 bits per heavy atom. The lowest BCUT2D eigenvalue weighted by Gasteiger charge is -2.29. The summed E-state index contributed by atoms with van der Waals surface area (Å²) in [5, 5.41) is 16.6. The molecule has 1 aliphatic heterocycles. The number of carboxylic acid groups (broad SMARTS) is 1. The quantitative estimate of drug-likeness (QED) is 0.249. The van der Waals surface area contributed by atoms with Crippen LogP contribution in [-0.4, -0.2) is 42.6 Å². The molecular weight excluding hydrogens is 535 g/mol. The summed E-state index contributed by atoms with van der Waals surface area (Å²) in [4.78, 5) is 17.7. The molecule has 42 heavy (non-hydrogen) atoms. The molecule has 0 saturated carbocycles. The third kappa shape index (κ3) is 4.52. The lowest BCUT2D eigenvalue weighted by molar-refractivity contribution is -0.160. The number of hydrogen-bond acceptors (Lipinski definition) is 5. The molecule has 0 aliphatic carbocycles. The zero-order valence-corrected chi connectivity index (χ0v) is 25.0. The van der Waals surface area contributed by atoms with Gasteiger partial charge in [-0.15, -0.1) is 0 Å². The predicted molar refractivity (Wildman–Crippen MR) is 160 cm³/mol. The van der Waals surface area contributed by atoms with Gasteiger partial charge in [0.1, 0.15) is 5.65 Å². The molecule has 2 aromatic carbocycles. The number of fused-ring (bicyclic) bond motifs is 3. The Balaban J connectivity index is 1.70. The minimum atomic E-state index is -1.32. The van der Waals surface area contributed by atoms with E-state index in [2.05, 4.69) is 11.2 Å². The molecule has 0 radical (unpaired) electrons. The van der Waals surface area contributed by atoms with E-state index in [-0.39, 0.29) is 5.75 Å². The maximum absolute atomic E-state index is 15.7. The number of carbonyl (C=O) groups is 1. The van der Waals surface area contributed by atoms with Crippen molar-refractivity contribution in [1.29, 1.82) is 0 Å². The van der Waals surface area contributed by atoms with E-state index in [1.165, 1.54) is 6.07 Å². The maximum atomic E-state index is 15.7. The van der Waals surface area contributed by atoms with Crippen molar-refractivity contribution in [3.63, 3.8) is 0 Å². The summed E-state index contributed by atoms with van der Waals surface area (Å²) in [6.45, 7) is 9.67. The summed E-state index contributed by atoms with van der Waals surface area (Å²) in [7, 11) is 3.85. The van der Waals surface area contributed by atoms with Gasteiger partial charge in [-0.25, -0.2) is 14.2 Å². The Hall–Kier alpha value is -4.24. The first-order valence-electron chi connectivity index (χ1n) is 14.1. The Morgan fingerprint density at radius 2 is 1.93 bits per heavy atom. The maximum Gasteiger partial charge on any atom is 0.337 e. The normalized spacial score (nSPS) is 14.3. The van der Waals surface area contributed by atoms with Crippen molar-refractivity contribution < 1.29 is 23.8 Å². The van der Waals surface area contributed by atoms with Crippen LogP contribution in [0.4, 0.5) is 4.39 Å². The molecular formula is C33H35FN4O4. The van der Waals surface area contributed by atoms with E-state index < -0.39 is 23.5 Å². The van der Waals surface area contributed by atoms with Gasteiger partial charge >= 0.3 is 5.97 Å². The second-order valence-electron chi connectivity index (χ2n) is 12.1. The van der Waals surface area contributed by atoms with Crippen LogP contribution in [0.5, 0.6) is 5.75 Å². The molecule has 3 aromatic heterocycles. The van der Waals surface area contributed by atoms with Crippen LogP contribution in [0.1, 0.15) is 55.7 Å². The number of halogens is 1. The van der Waals surface area contributed by atoms with Crippen molar-refractivity contribution in [2.24, 2.45) is 14.1 Å². The highest BCUT2D eigenvalue weighted by Gasteiger charge is 2.34. The van der Waals surface area contributed by atoms with Gasteiger partial charge in [0.25, 0.3) is 0 Å². The van der Waals surface area contributed by atoms with Crippen molar-refractivity contribution >= 4 is 27.9 Å². The molecule has 0 spiro atoms. The summed E-state index contributed by atoms with van der Waals surface area (Å²) in [6, 6.07) is 9.63. The van der Waals surface area contributed by atoms with Gasteiger partial charge in [-0.2, -0.15) is 5.10 Å². The first kappa shape index (κ1) is 27.9. The lowest BCUT2D eigenvalue weighted by Crippen LogP contribution is -2.28. The smallest absolute Gasteiger partial charge is 0.337 e. The van der Waals surface area contributed by atoms with Gasteiger partial charge in [0.15, 0.2) is 17.7 Å². The highest BCUT2D eigenvalue weighted by molar-refractivity contribution is 6.01. The van der Waals surface area contributed by atoms with Crippen LogP contribution < -0.4 is 4.74 Å². The summed E-state index contributed by atoms with van der Waals surface area (Å²) < 4.78 is 31.4. The van der Waals surface area contributed by atoms with Crippen LogP contribution in [0.3, 0.4) is 0 Å². The minimum absolute atomic E-state index is 0.283. The number of aliphatic carboxylic acids is 1. The van der Waals surface area contributed by atoms with Gasteiger partial charge < -0.3 is 19.1 Å². The number of carboxylic acids is 1. The third-order valence-corrected chi connectivity index (χ3v) is 8.11. The van der Waals surface area contributed by atoms with Gasteiger partial charge in [-0.1, -0.05) is 6.07 Å². The molecule has 5 aromatic rings. The van der Waals surface area contributed by atoms with E-state index in [1.807, 2.05) is 75.4 Å². The Morgan fingerprint density at radius 1 is 1.17 bits per heavy atom. The van der Waals surface area contributed by atoms with Gasteiger partial charge in [0.05, 0.1) is 29.6 Å². The van der Waals surface area contributed by atoms with E-state index in [0.717, 1.165) is 45.1 Å². The average molecular weight is 571 g/mol. The number of nitrogens with zero attached hydrogens (tertiary/aromatic N) is 4. The first-order chi connectivity index (χ1) is 19.9. The van der Waals surface area contributed by atoms with Gasteiger partial charge in [-0.3, -0.25) is 4.68 Å². The monoisotopic (exact) mass is 570 g/mol. The zero-order chi connectivity index (χ0) is 30.1. The molecule has 6 rings (SSSR count). The van der Waals surface area contributed by atoms with Crippen molar-refractivity contribution in [1.82, 2.24) is 19.3 Å². The molecule has 0 amide bonds. The molecule has 4 heterocycles. The van der Waals surface area contributed by atoms with Crippen LogP contribution in [0.2, 0.25) is 0 Å². The summed E-state index contributed by atoms with van der Waals surface area (Å²) >= 11 is 0. The average Bonchev–Trinajstić information content (AvgIpc) is 3.47.